The van der Waals surface area contributed by atoms with Gasteiger partial charge in [0.1, 0.15) is 11.8 Å². The smallest absolute Gasteiger partial charge is 0.267 e. The van der Waals surface area contributed by atoms with Crippen LogP contribution in [0.3, 0.4) is 0 Å². The molecule has 0 fully saturated rings. The summed E-state index contributed by atoms with van der Waals surface area (Å²) in [6.45, 7) is 11.8. The van der Waals surface area contributed by atoms with Crippen LogP contribution >= 0.6 is 12.2 Å². The van der Waals surface area contributed by atoms with Crippen LogP contribution in [0.1, 0.15) is 172 Å². The van der Waals surface area contributed by atoms with Gasteiger partial charge in [0, 0.05) is 12.2 Å². The molecule has 0 spiro atoms. The molecule has 3 heterocycles. The van der Waals surface area contributed by atoms with E-state index in [1.807, 2.05) is 88.4 Å². The molecule has 1 aliphatic rings. The van der Waals surface area contributed by atoms with Crippen molar-refractivity contribution in [3.8, 4) is 0 Å². The van der Waals surface area contributed by atoms with Gasteiger partial charge in [-0.15, -0.1) is 0 Å². The molecule has 0 aliphatic carbocycles. The summed E-state index contributed by atoms with van der Waals surface area (Å²) in [5.41, 5.74) is 7.67. The second kappa shape index (κ2) is 29.0. The highest BCUT2D eigenvalue weighted by Gasteiger charge is 2.25. The molecule has 4 bridgehead atoms. The molecule has 2 unspecified atom stereocenters. The van der Waals surface area contributed by atoms with Crippen LogP contribution in [0.4, 0.5) is 5.69 Å². The molecular weight excluding hydrogens is 855 g/mol. The number of carbonyl (C=O) groups excluding carboxylic acids is 1. The van der Waals surface area contributed by atoms with Crippen molar-refractivity contribution < 1.29 is 17.8 Å². The number of amides is 1. The summed E-state index contributed by atoms with van der Waals surface area (Å²) >= 11 is 5.52. The molecule has 65 heavy (non-hydrogen) atoms. The zero-order valence-electron chi connectivity index (χ0n) is 39.4. The zero-order chi connectivity index (χ0) is 46.9. The molecule has 1 aromatic carbocycles. The van der Waals surface area contributed by atoms with Gasteiger partial charge in [-0.2, -0.15) is 8.42 Å². The minimum absolute atomic E-state index is 0.0362. The fourth-order valence-corrected chi connectivity index (χ4v) is 8.53. The Bertz CT molecular complexity index is 2190. The van der Waals surface area contributed by atoms with Crippen molar-refractivity contribution >= 4 is 61.9 Å². The van der Waals surface area contributed by atoms with E-state index < -0.39 is 27.8 Å². The van der Waals surface area contributed by atoms with Gasteiger partial charge in [-0.25, -0.2) is 9.97 Å². The second-order valence-corrected chi connectivity index (χ2v) is 18.9. The van der Waals surface area contributed by atoms with Crippen molar-refractivity contribution in [1.29, 1.82) is 0 Å². The van der Waals surface area contributed by atoms with Crippen LogP contribution in [-0.2, 0) is 14.9 Å². The van der Waals surface area contributed by atoms with E-state index in [0.29, 0.717) is 31.9 Å². The number of aliphatic imine (C=N–C) groups is 4. The maximum atomic E-state index is 13.1. The highest BCUT2D eigenvalue weighted by atomic mass is 32.2. The Morgan fingerprint density at radius 3 is 1.58 bits per heavy atom. The van der Waals surface area contributed by atoms with Crippen LogP contribution < -0.4 is 16.0 Å². The maximum absolute atomic E-state index is 13.1. The Morgan fingerprint density at radius 1 is 0.662 bits per heavy atom. The minimum Gasteiger partial charge on any atom is -0.354 e. The first-order valence-electron chi connectivity index (χ1n) is 23.8. The molecule has 3 aromatic rings. The van der Waals surface area contributed by atoms with Crippen LogP contribution in [0.15, 0.2) is 80.6 Å². The van der Waals surface area contributed by atoms with Crippen molar-refractivity contribution in [3.63, 3.8) is 0 Å². The number of carbonyl (C=O) groups is 1. The Kier molecular flexibility index (Phi) is 23.6. The number of rotatable bonds is 23. The van der Waals surface area contributed by atoms with E-state index in [2.05, 4.69) is 22.9 Å². The topological polar surface area (TPSA) is 183 Å². The molecule has 0 radical (unpaired) electrons. The molecule has 1 aliphatic heterocycles. The molecule has 2 atom stereocenters. The first kappa shape index (κ1) is 52.9. The highest BCUT2D eigenvalue weighted by Crippen LogP contribution is 2.23. The molecule has 15 heteroatoms. The third-order valence-electron chi connectivity index (χ3n) is 11.5. The summed E-state index contributed by atoms with van der Waals surface area (Å²) in [4.78, 5) is 42.4. The molecule has 0 saturated carbocycles. The number of nitrogens with zero attached hydrogens (tertiary/aromatic N) is 6. The van der Waals surface area contributed by atoms with E-state index >= 15 is 0 Å². The molecule has 0 saturated heterocycles. The first-order valence-corrected chi connectivity index (χ1v) is 25.8. The molecule has 1 amide bonds. The summed E-state index contributed by atoms with van der Waals surface area (Å²) in [7, 11) is -4.49. The van der Waals surface area contributed by atoms with Crippen molar-refractivity contribution in [2.75, 3.05) is 37.2 Å². The Labute approximate surface area is 394 Å². The van der Waals surface area contributed by atoms with Crippen LogP contribution in [0.5, 0.6) is 0 Å². The van der Waals surface area contributed by atoms with Gasteiger partial charge in [-0.05, 0) is 88.3 Å². The average Bonchev–Trinajstić information content (AvgIpc) is 3.29. The van der Waals surface area contributed by atoms with E-state index in [0.717, 1.165) is 70.4 Å². The number of hydrogen-bond donors (Lipinski definition) is 4. The lowest BCUT2D eigenvalue weighted by molar-refractivity contribution is -0.122. The number of unbranched alkanes of at least 4 members (excludes halogenated alkanes) is 15. The van der Waals surface area contributed by atoms with Crippen LogP contribution in [0.2, 0.25) is 0 Å². The third-order valence-corrected chi connectivity index (χ3v) is 12.5. The Balaban J connectivity index is 1.32. The molecular formula is C50H73N9O4S2. The summed E-state index contributed by atoms with van der Waals surface area (Å²) in [5, 5.41) is 8.70. The SMILES string of the molecule is CCCCCCCCCCCCCCCCCCNC(=O)C(CS(=O)(=O)O)NC(=S)Nc1ccc(C2CN=C(C)c3cccc(n3)C(C)=NCCN=C(C)c3cccc(n3)C(C)=N2)cc1. The lowest BCUT2D eigenvalue weighted by Crippen LogP contribution is -2.51. The fraction of sp³-hybridized carbons (Fsp3) is 0.560. The lowest BCUT2D eigenvalue weighted by Gasteiger charge is -2.20. The standard InChI is InChI=1S/C50H73N9O4S2/c1-6-7-8-9-10-11-12-13-14-15-16-17-18-19-20-21-32-53-49(60)48(36-65(61,62)63)59-50(64)56-42-30-28-41(29-31-42)47-35-54-39(4)45-26-22-24-43(57-45)37(2)51-33-34-52-38(3)44-25-23-27-46(58-44)40(5)55-47/h22-31,47-48H,6-21,32-36H2,1-5H3,(H,53,60)(H2,56,59,64)(H,61,62,63). The predicted octanol–water partition coefficient (Wildman–Crippen LogP) is 10.1. The number of nitrogens with one attached hydrogen (secondary N) is 3. The Hall–Kier alpha value is -4.73. The van der Waals surface area contributed by atoms with Gasteiger partial charge in [0.15, 0.2) is 5.11 Å². The number of hydrogen-bond acceptors (Lipinski definition) is 10. The molecule has 4 N–H and O–H groups in total. The van der Waals surface area contributed by atoms with Crippen LogP contribution in [-0.4, -0.2) is 94.8 Å². The summed E-state index contributed by atoms with van der Waals surface area (Å²) < 4.78 is 33.5. The van der Waals surface area contributed by atoms with E-state index in [1.165, 1.54) is 83.5 Å². The van der Waals surface area contributed by atoms with E-state index in [4.69, 9.17) is 42.2 Å². The normalized spacial score (nSPS) is 15.3. The number of pyridine rings is 2. The van der Waals surface area contributed by atoms with Crippen molar-refractivity contribution in [2.24, 2.45) is 20.0 Å². The zero-order valence-corrected chi connectivity index (χ0v) is 41.1. The van der Waals surface area contributed by atoms with E-state index in [-0.39, 0.29) is 11.2 Å². The predicted molar refractivity (Wildman–Crippen MR) is 273 cm³/mol. The van der Waals surface area contributed by atoms with Crippen LogP contribution in [0.25, 0.3) is 0 Å². The molecule has 354 valence electrons. The number of anilines is 1. The number of thiocarbonyl (C=S) groups is 1. The molecule has 13 nitrogen and oxygen atoms in total. The van der Waals surface area contributed by atoms with Gasteiger partial charge < -0.3 is 16.0 Å². The fourth-order valence-electron chi connectivity index (χ4n) is 7.61. The third kappa shape index (κ3) is 20.5. The summed E-state index contributed by atoms with van der Waals surface area (Å²) in [6, 6.07) is 17.5. The van der Waals surface area contributed by atoms with Gasteiger partial charge in [-0.1, -0.05) is 128 Å². The monoisotopic (exact) mass is 928 g/mol. The highest BCUT2D eigenvalue weighted by molar-refractivity contribution is 7.85. The van der Waals surface area contributed by atoms with Gasteiger partial charge in [0.2, 0.25) is 5.91 Å². The molecule has 4 rings (SSSR count). The number of benzene rings is 1. The van der Waals surface area contributed by atoms with Crippen molar-refractivity contribution in [3.05, 3.63) is 89.0 Å². The summed E-state index contributed by atoms with van der Waals surface area (Å²) in [5.74, 6) is -1.37. The van der Waals surface area contributed by atoms with E-state index in [1.54, 1.807) is 0 Å². The lowest BCUT2D eigenvalue weighted by atomic mass is 10.0. The average molecular weight is 928 g/mol. The van der Waals surface area contributed by atoms with Crippen molar-refractivity contribution in [2.45, 2.75) is 149 Å². The minimum atomic E-state index is -4.49. The largest absolute Gasteiger partial charge is 0.354 e. The number of fused-ring (bicyclic) bond motifs is 4. The van der Waals surface area contributed by atoms with Gasteiger partial charge in [0.25, 0.3) is 10.1 Å². The Morgan fingerprint density at radius 2 is 1.11 bits per heavy atom. The second-order valence-electron chi connectivity index (χ2n) is 17.0. The van der Waals surface area contributed by atoms with Gasteiger partial charge in [0.05, 0.1) is 71.3 Å². The first-order chi connectivity index (χ1) is 31.3. The quantitative estimate of drug-likeness (QED) is 0.0409. The van der Waals surface area contributed by atoms with Gasteiger partial charge in [-0.3, -0.25) is 29.3 Å². The van der Waals surface area contributed by atoms with Crippen molar-refractivity contribution in [1.82, 2.24) is 20.6 Å². The van der Waals surface area contributed by atoms with Crippen LogP contribution in [0, 0.1) is 0 Å². The summed E-state index contributed by atoms with van der Waals surface area (Å²) in [6.07, 6.45) is 20.1. The maximum Gasteiger partial charge on any atom is 0.267 e. The molecule has 2 aromatic heterocycles. The van der Waals surface area contributed by atoms with E-state index in [9.17, 15) is 17.8 Å². The number of aromatic nitrogens is 2. The van der Waals surface area contributed by atoms with Gasteiger partial charge >= 0.3 is 0 Å².